The van der Waals surface area contributed by atoms with Crippen molar-refractivity contribution in [3.05, 3.63) is 22.2 Å². The van der Waals surface area contributed by atoms with Gasteiger partial charge < -0.3 is 14.8 Å². The Morgan fingerprint density at radius 1 is 1.29 bits per heavy atom. The first-order valence-corrected chi connectivity index (χ1v) is 8.44. The maximum atomic E-state index is 11.6. The SMILES string of the molecule is CCCCNC(=O)C(=O)N/N=C\c1cc(Br)c(OCC)c(OC)c1. The van der Waals surface area contributed by atoms with Gasteiger partial charge in [0.25, 0.3) is 0 Å². The van der Waals surface area contributed by atoms with Crippen LogP contribution in [0.15, 0.2) is 21.7 Å². The number of nitrogens with one attached hydrogen (secondary N) is 2. The van der Waals surface area contributed by atoms with Gasteiger partial charge in [-0.1, -0.05) is 13.3 Å². The fourth-order valence-electron chi connectivity index (χ4n) is 1.77. The van der Waals surface area contributed by atoms with Gasteiger partial charge in [0.2, 0.25) is 0 Å². The van der Waals surface area contributed by atoms with Gasteiger partial charge in [-0.05, 0) is 47.0 Å². The highest BCUT2D eigenvalue weighted by atomic mass is 79.9. The Morgan fingerprint density at radius 3 is 2.67 bits per heavy atom. The molecule has 0 aromatic heterocycles. The van der Waals surface area contributed by atoms with E-state index in [-0.39, 0.29) is 0 Å². The van der Waals surface area contributed by atoms with Crippen LogP contribution in [0, 0.1) is 0 Å². The molecule has 1 aromatic carbocycles. The number of hydrogen-bond acceptors (Lipinski definition) is 5. The summed E-state index contributed by atoms with van der Waals surface area (Å²) in [6.07, 6.45) is 3.18. The molecule has 0 saturated carbocycles. The molecule has 1 rings (SSSR count). The molecule has 0 fully saturated rings. The lowest BCUT2D eigenvalue weighted by Gasteiger charge is -2.11. The third-order valence-corrected chi connectivity index (χ3v) is 3.53. The highest BCUT2D eigenvalue weighted by Gasteiger charge is 2.12. The van der Waals surface area contributed by atoms with Crippen LogP contribution in [0.5, 0.6) is 11.5 Å². The zero-order valence-electron chi connectivity index (χ0n) is 14.0. The number of amides is 2. The first-order valence-electron chi connectivity index (χ1n) is 7.65. The highest BCUT2D eigenvalue weighted by molar-refractivity contribution is 9.10. The Balaban J connectivity index is 2.68. The Morgan fingerprint density at radius 2 is 2.04 bits per heavy atom. The summed E-state index contributed by atoms with van der Waals surface area (Å²) < 4.78 is 11.5. The van der Waals surface area contributed by atoms with E-state index >= 15 is 0 Å². The van der Waals surface area contributed by atoms with Crippen molar-refractivity contribution in [2.45, 2.75) is 26.7 Å². The standard InChI is InChI=1S/C16H22BrN3O4/c1-4-6-7-18-15(21)16(22)20-19-10-11-8-12(17)14(24-5-2)13(9-11)23-3/h8-10H,4-7H2,1-3H3,(H,18,21)(H,20,22)/b19-10-. The van der Waals surface area contributed by atoms with E-state index in [2.05, 4.69) is 31.8 Å². The van der Waals surface area contributed by atoms with Crippen molar-refractivity contribution in [1.82, 2.24) is 10.7 Å². The van der Waals surface area contributed by atoms with Crippen LogP contribution in [0.4, 0.5) is 0 Å². The number of ether oxygens (including phenoxy) is 2. The quantitative estimate of drug-likeness (QED) is 0.303. The lowest BCUT2D eigenvalue weighted by molar-refractivity contribution is -0.139. The Hall–Kier alpha value is -2.09. The van der Waals surface area contributed by atoms with Crippen LogP contribution in [-0.4, -0.2) is 38.3 Å². The number of halogens is 1. The number of hydrazone groups is 1. The zero-order valence-corrected chi connectivity index (χ0v) is 15.6. The van der Waals surface area contributed by atoms with Crippen molar-refractivity contribution in [2.24, 2.45) is 5.10 Å². The minimum Gasteiger partial charge on any atom is -0.493 e. The minimum atomic E-state index is -0.806. The predicted molar refractivity (Wildman–Crippen MR) is 95.5 cm³/mol. The van der Waals surface area contributed by atoms with Crippen molar-refractivity contribution in [1.29, 1.82) is 0 Å². The third kappa shape index (κ3) is 6.19. The second-order valence-corrected chi connectivity index (χ2v) is 5.63. The van der Waals surface area contributed by atoms with Crippen LogP contribution >= 0.6 is 15.9 Å². The molecule has 1 aromatic rings. The van der Waals surface area contributed by atoms with Crippen molar-refractivity contribution in [2.75, 3.05) is 20.3 Å². The van der Waals surface area contributed by atoms with E-state index in [4.69, 9.17) is 9.47 Å². The summed E-state index contributed by atoms with van der Waals surface area (Å²) in [5, 5.41) is 6.29. The number of methoxy groups -OCH3 is 1. The van der Waals surface area contributed by atoms with Crippen molar-refractivity contribution < 1.29 is 19.1 Å². The minimum absolute atomic E-state index is 0.468. The summed E-state index contributed by atoms with van der Waals surface area (Å²) >= 11 is 3.40. The summed E-state index contributed by atoms with van der Waals surface area (Å²) in [5.74, 6) is -0.377. The van der Waals surface area contributed by atoms with E-state index in [1.54, 1.807) is 12.1 Å². The van der Waals surface area contributed by atoms with E-state index in [0.29, 0.717) is 34.7 Å². The molecule has 2 N–H and O–H groups in total. The molecule has 0 aliphatic carbocycles. The van der Waals surface area contributed by atoms with E-state index < -0.39 is 11.8 Å². The third-order valence-electron chi connectivity index (χ3n) is 2.94. The lowest BCUT2D eigenvalue weighted by atomic mass is 10.2. The first kappa shape index (κ1) is 20.0. The van der Waals surface area contributed by atoms with Gasteiger partial charge in [-0.3, -0.25) is 9.59 Å². The number of hydrogen-bond donors (Lipinski definition) is 2. The zero-order chi connectivity index (χ0) is 17.9. The lowest BCUT2D eigenvalue weighted by Crippen LogP contribution is -2.38. The first-order chi connectivity index (χ1) is 11.5. The topological polar surface area (TPSA) is 89.0 Å². The predicted octanol–water partition coefficient (Wildman–Crippen LogP) is 2.22. The molecule has 0 saturated heterocycles. The number of rotatable bonds is 8. The summed E-state index contributed by atoms with van der Waals surface area (Å²) in [5.41, 5.74) is 2.86. The molecule has 0 unspecified atom stereocenters. The molecule has 132 valence electrons. The smallest absolute Gasteiger partial charge is 0.329 e. The van der Waals surface area contributed by atoms with Crippen LogP contribution < -0.4 is 20.2 Å². The Labute approximate surface area is 149 Å². The molecular weight excluding hydrogens is 378 g/mol. The van der Waals surface area contributed by atoms with Gasteiger partial charge in [-0.2, -0.15) is 5.10 Å². The van der Waals surface area contributed by atoms with E-state index in [1.165, 1.54) is 13.3 Å². The summed E-state index contributed by atoms with van der Waals surface area (Å²) in [6, 6.07) is 3.48. The molecule has 7 nitrogen and oxygen atoms in total. The molecule has 0 heterocycles. The largest absolute Gasteiger partial charge is 0.493 e. The summed E-state index contributed by atoms with van der Waals surface area (Å²) in [7, 11) is 1.54. The second-order valence-electron chi connectivity index (χ2n) is 4.78. The average molecular weight is 400 g/mol. The van der Waals surface area contributed by atoms with Crippen LogP contribution in [-0.2, 0) is 9.59 Å². The number of nitrogens with zero attached hydrogens (tertiary/aromatic N) is 1. The van der Waals surface area contributed by atoms with Gasteiger partial charge in [0.15, 0.2) is 11.5 Å². The van der Waals surface area contributed by atoms with Gasteiger partial charge in [0.1, 0.15) is 0 Å². The maximum absolute atomic E-state index is 11.6. The van der Waals surface area contributed by atoms with Gasteiger partial charge >= 0.3 is 11.8 Å². The monoisotopic (exact) mass is 399 g/mol. The molecule has 0 atom stereocenters. The van der Waals surface area contributed by atoms with Gasteiger partial charge in [0, 0.05) is 6.54 Å². The number of unbranched alkanes of at least 4 members (excludes halogenated alkanes) is 1. The van der Waals surface area contributed by atoms with Gasteiger partial charge in [0.05, 0.1) is 24.4 Å². The van der Waals surface area contributed by atoms with Gasteiger partial charge in [-0.25, -0.2) is 5.43 Å². The second kappa shape index (κ2) is 10.6. The normalized spacial score (nSPS) is 10.5. The molecule has 0 aliphatic rings. The number of benzene rings is 1. The van der Waals surface area contributed by atoms with E-state index in [1.807, 2.05) is 13.8 Å². The molecule has 0 bridgehead atoms. The van der Waals surface area contributed by atoms with Crippen LogP contribution in [0.2, 0.25) is 0 Å². The van der Waals surface area contributed by atoms with Crippen LogP contribution in [0.3, 0.4) is 0 Å². The molecule has 0 spiro atoms. The molecule has 0 aliphatic heterocycles. The Kier molecular flexibility index (Phi) is 8.85. The average Bonchev–Trinajstić information content (AvgIpc) is 2.57. The number of carbonyl (C=O) groups is 2. The number of carbonyl (C=O) groups excluding carboxylic acids is 2. The van der Waals surface area contributed by atoms with Crippen LogP contribution in [0.1, 0.15) is 32.3 Å². The molecular formula is C16H22BrN3O4. The summed E-state index contributed by atoms with van der Waals surface area (Å²) in [4.78, 5) is 23.1. The molecule has 2 amide bonds. The fourth-order valence-corrected chi connectivity index (χ4v) is 2.35. The fraction of sp³-hybridized carbons (Fsp3) is 0.438. The van der Waals surface area contributed by atoms with Crippen LogP contribution in [0.25, 0.3) is 0 Å². The molecule has 24 heavy (non-hydrogen) atoms. The van der Waals surface area contributed by atoms with Gasteiger partial charge in [-0.15, -0.1) is 0 Å². The van der Waals surface area contributed by atoms with E-state index in [0.717, 1.165) is 12.8 Å². The van der Waals surface area contributed by atoms with Crippen molar-refractivity contribution >= 4 is 34.0 Å². The molecule has 0 radical (unpaired) electrons. The van der Waals surface area contributed by atoms with E-state index in [9.17, 15) is 9.59 Å². The maximum Gasteiger partial charge on any atom is 0.329 e. The summed E-state index contributed by atoms with van der Waals surface area (Å²) in [6.45, 7) is 4.85. The van der Waals surface area contributed by atoms with Crippen molar-refractivity contribution in [3.63, 3.8) is 0 Å². The van der Waals surface area contributed by atoms with Crippen molar-refractivity contribution in [3.8, 4) is 11.5 Å². The molecule has 8 heteroatoms. The highest BCUT2D eigenvalue weighted by Crippen LogP contribution is 2.36. The Bertz CT molecular complexity index is 605.